The molecule has 0 heterocycles. The number of carbonyl (C=O) groups excluding carboxylic acids is 2. The molecule has 1 atom stereocenters. The monoisotopic (exact) mass is 253 g/mol. The van der Waals surface area contributed by atoms with E-state index in [4.69, 9.17) is 10.00 Å². The van der Waals surface area contributed by atoms with Gasteiger partial charge in [-0.2, -0.15) is 5.26 Å². The molecule has 1 aliphatic carbocycles. The molecule has 1 saturated carbocycles. The van der Waals surface area contributed by atoms with Crippen molar-refractivity contribution in [2.45, 2.75) is 32.2 Å². The fraction of sp³-hybridized carbons (Fsp3) is 0.750. The third-order valence-electron chi connectivity index (χ3n) is 3.20. The number of nitrogens with zero attached hydrogens (tertiary/aromatic N) is 1. The second-order valence-corrected chi connectivity index (χ2v) is 4.53. The van der Waals surface area contributed by atoms with Crippen LogP contribution in [0.15, 0.2) is 0 Å². The first kappa shape index (κ1) is 14.5. The molecule has 1 rings (SSSR count). The molecule has 0 saturated heterocycles. The number of rotatable bonds is 6. The number of ether oxygens (including phenoxy) is 1. The molecule has 0 aromatic heterocycles. The van der Waals surface area contributed by atoms with Gasteiger partial charge in [-0.05, 0) is 26.2 Å². The number of carbonyl (C=O) groups is 2. The van der Waals surface area contributed by atoms with Crippen molar-refractivity contribution in [2.75, 3.05) is 20.3 Å². The van der Waals surface area contributed by atoms with Crippen molar-refractivity contribution < 1.29 is 14.3 Å². The Balaban J connectivity index is 2.40. The van der Waals surface area contributed by atoms with E-state index < -0.39 is 11.5 Å². The van der Waals surface area contributed by atoms with Crippen LogP contribution in [0.3, 0.4) is 0 Å². The molecule has 100 valence electrons. The molecule has 2 N–H and O–H groups in total. The lowest BCUT2D eigenvalue weighted by Crippen LogP contribution is -2.52. The lowest BCUT2D eigenvalue weighted by atomic mass is 9.69. The molecule has 0 aromatic carbocycles. The summed E-state index contributed by atoms with van der Waals surface area (Å²) in [4.78, 5) is 23.5. The third-order valence-corrected chi connectivity index (χ3v) is 3.20. The van der Waals surface area contributed by atoms with E-state index in [2.05, 4.69) is 10.6 Å². The molecule has 18 heavy (non-hydrogen) atoms. The Hall–Kier alpha value is -1.61. The van der Waals surface area contributed by atoms with Crippen molar-refractivity contribution in [1.29, 1.82) is 5.26 Å². The van der Waals surface area contributed by atoms with Crippen LogP contribution in [0.2, 0.25) is 0 Å². The van der Waals surface area contributed by atoms with Crippen LogP contribution in [-0.4, -0.2) is 38.1 Å². The second kappa shape index (κ2) is 6.36. The van der Waals surface area contributed by atoms with Crippen molar-refractivity contribution in [3.05, 3.63) is 0 Å². The fourth-order valence-electron chi connectivity index (χ4n) is 1.75. The Morgan fingerprint density at radius 3 is 2.61 bits per heavy atom. The molecule has 6 heteroatoms. The summed E-state index contributed by atoms with van der Waals surface area (Å²) in [5, 5.41) is 14.2. The highest BCUT2D eigenvalue weighted by Crippen LogP contribution is 2.40. The number of nitriles is 1. The predicted octanol–water partition coefficient (Wildman–Crippen LogP) is -0.0524. The van der Waals surface area contributed by atoms with Gasteiger partial charge >= 0.3 is 0 Å². The number of nitrogens with one attached hydrogen (secondary N) is 2. The van der Waals surface area contributed by atoms with Crippen molar-refractivity contribution in [3.8, 4) is 6.07 Å². The molecule has 0 spiro atoms. The number of hydrogen-bond donors (Lipinski definition) is 2. The summed E-state index contributed by atoms with van der Waals surface area (Å²) in [6.45, 7) is 2.43. The Morgan fingerprint density at radius 1 is 1.50 bits per heavy atom. The van der Waals surface area contributed by atoms with Gasteiger partial charge in [0, 0.05) is 13.7 Å². The van der Waals surface area contributed by atoms with E-state index >= 15 is 0 Å². The maximum atomic E-state index is 11.9. The van der Waals surface area contributed by atoms with Crippen LogP contribution in [-0.2, 0) is 14.3 Å². The molecule has 1 unspecified atom stereocenters. The maximum Gasteiger partial charge on any atom is 0.242 e. The quantitative estimate of drug-likeness (QED) is 0.649. The highest BCUT2D eigenvalue weighted by atomic mass is 16.5. The molecular formula is C12H19N3O3. The van der Waals surface area contributed by atoms with E-state index in [1.54, 1.807) is 14.0 Å². The minimum atomic E-state index is -0.916. The van der Waals surface area contributed by atoms with Crippen LogP contribution in [0, 0.1) is 16.7 Å². The van der Waals surface area contributed by atoms with Gasteiger partial charge in [-0.25, -0.2) is 0 Å². The highest BCUT2D eigenvalue weighted by Gasteiger charge is 2.45. The minimum absolute atomic E-state index is 0.271. The van der Waals surface area contributed by atoms with Gasteiger partial charge in [0.05, 0.1) is 12.7 Å². The molecule has 1 aliphatic rings. The SMILES string of the molecule is COCCNC(=O)C(C)NC(=O)C1(C#N)CCC1. The Morgan fingerprint density at radius 2 is 2.17 bits per heavy atom. The van der Waals surface area contributed by atoms with E-state index in [0.29, 0.717) is 26.0 Å². The topological polar surface area (TPSA) is 91.2 Å². The van der Waals surface area contributed by atoms with E-state index in [0.717, 1.165) is 6.42 Å². The Bertz CT molecular complexity index is 358. The first-order valence-electron chi connectivity index (χ1n) is 6.04. The van der Waals surface area contributed by atoms with E-state index in [-0.39, 0.29) is 11.8 Å². The zero-order chi connectivity index (χ0) is 13.6. The van der Waals surface area contributed by atoms with Gasteiger partial charge in [-0.3, -0.25) is 9.59 Å². The Labute approximate surface area is 107 Å². The van der Waals surface area contributed by atoms with Gasteiger partial charge in [0.2, 0.25) is 11.8 Å². The summed E-state index contributed by atoms with van der Waals surface area (Å²) in [5.74, 6) is -0.613. The summed E-state index contributed by atoms with van der Waals surface area (Å²) in [6, 6.07) is 1.41. The lowest BCUT2D eigenvalue weighted by Gasteiger charge is -2.34. The number of amides is 2. The molecule has 0 bridgehead atoms. The van der Waals surface area contributed by atoms with E-state index in [9.17, 15) is 9.59 Å². The van der Waals surface area contributed by atoms with E-state index in [1.807, 2.05) is 6.07 Å². The minimum Gasteiger partial charge on any atom is -0.383 e. The van der Waals surface area contributed by atoms with Crippen molar-refractivity contribution >= 4 is 11.8 Å². The number of methoxy groups -OCH3 is 1. The first-order valence-corrected chi connectivity index (χ1v) is 6.04. The van der Waals surface area contributed by atoms with Gasteiger partial charge in [-0.15, -0.1) is 0 Å². The largest absolute Gasteiger partial charge is 0.383 e. The molecule has 6 nitrogen and oxygen atoms in total. The van der Waals surface area contributed by atoms with E-state index in [1.165, 1.54) is 0 Å². The van der Waals surface area contributed by atoms with Crippen LogP contribution >= 0.6 is 0 Å². The first-order chi connectivity index (χ1) is 8.55. The van der Waals surface area contributed by atoms with Crippen LogP contribution in [0.5, 0.6) is 0 Å². The Kier molecular flexibility index (Phi) is 5.10. The standard InChI is InChI=1S/C12H19N3O3/c1-9(10(16)14-6-7-18-2)15-11(17)12(8-13)4-3-5-12/h9H,3-7H2,1-2H3,(H,14,16)(H,15,17). The summed E-state index contributed by atoms with van der Waals surface area (Å²) < 4.78 is 4.81. The number of hydrogen-bond acceptors (Lipinski definition) is 4. The molecule has 1 fully saturated rings. The van der Waals surface area contributed by atoms with Gasteiger partial charge in [-0.1, -0.05) is 0 Å². The zero-order valence-electron chi connectivity index (χ0n) is 10.8. The highest BCUT2D eigenvalue weighted by molar-refractivity contribution is 5.91. The molecule has 0 aromatic rings. The normalized spacial score (nSPS) is 18.1. The van der Waals surface area contributed by atoms with Gasteiger partial charge in [0.15, 0.2) is 0 Å². The summed E-state index contributed by atoms with van der Waals surface area (Å²) in [7, 11) is 1.55. The van der Waals surface area contributed by atoms with Crippen LogP contribution in [0.4, 0.5) is 0 Å². The van der Waals surface area contributed by atoms with Crippen LogP contribution < -0.4 is 10.6 Å². The van der Waals surface area contributed by atoms with Crippen molar-refractivity contribution in [2.24, 2.45) is 5.41 Å². The predicted molar refractivity (Wildman–Crippen MR) is 64.4 cm³/mol. The fourth-order valence-corrected chi connectivity index (χ4v) is 1.75. The maximum absolute atomic E-state index is 11.9. The van der Waals surface area contributed by atoms with Gasteiger partial charge in [0.25, 0.3) is 0 Å². The van der Waals surface area contributed by atoms with Crippen LogP contribution in [0.25, 0.3) is 0 Å². The average Bonchev–Trinajstić information content (AvgIpc) is 2.28. The van der Waals surface area contributed by atoms with Gasteiger partial charge in [0.1, 0.15) is 11.5 Å². The van der Waals surface area contributed by atoms with Crippen molar-refractivity contribution in [1.82, 2.24) is 10.6 Å². The summed E-state index contributed by atoms with van der Waals surface area (Å²) >= 11 is 0. The zero-order valence-corrected chi connectivity index (χ0v) is 10.8. The molecule has 0 aliphatic heterocycles. The smallest absolute Gasteiger partial charge is 0.242 e. The molecule has 2 amide bonds. The molecule has 0 radical (unpaired) electrons. The van der Waals surface area contributed by atoms with Crippen molar-refractivity contribution in [3.63, 3.8) is 0 Å². The summed E-state index contributed by atoms with van der Waals surface area (Å²) in [5.41, 5.74) is -0.916. The lowest BCUT2D eigenvalue weighted by molar-refractivity contribution is -0.135. The van der Waals surface area contributed by atoms with Gasteiger partial charge < -0.3 is 15.4 Å². The van der Waals surface area contributed by atoms with Crippen LogP contribution in [0.1, 0.15) is 26.2 Å². The second-order valence-electron chi connectivity index (χ2n) is 4.53. The third kappa shape index (κ3) is 3.20. The molecular weight excluding hydrogens is 234 g/mol. The average molecular weight is 253 g/mol. The summed E-state index contributed by atoms with van der Waals surface area (Å²) in [6.07, 6.45) is 2.04.